The molecule has 0 fully saturated rings. The van der Waals surface area contributed by atoms with Crippen LogP contribution in [0.25, 0.3) is 0 Å². The van der Waals surface area contributed by atoms with Gasteiger partial charge in [-0.25, -0.2) is 0 Å². The van der Waals surface area contributed by atoms with E-state index in [1.165, 1.54) is 7.11 Å². The molecule has 0 amide bonds. The summed E-state index contributed by atoms with van der Waals surface area (Å²) >= 11 is 0. The van der Waals surface area contributed by atoms with Gasteiger partial charge in [0.1, 0.15) is 0 Å². The van der Waals surface area contributed by atoms with Crippen LogP contribution in [0.2, 0.25) is 0 Å². The first-order valence-electron chi connectivity index (χ1n) is 4.31. The first-order valence-corrected chi connectivity index (χ1v) is 4.31. The van der Waals surface area contributed by atoms with Crippen LogP contribution in [-0.4, -0.2) is 25.7 Å². The van der Waals surface area contributed by atoms with Gasteiger partial charge in [0.25, 0.3) is 0 Å². The quantitative estimate of drug-likeness (QED) is 0.479. The zero-order chi connectivity index (χ0) is 10.3. The number of carbonyl (C=O) groups excluding carboxylic acids is 2. The molecule has 0 saturated carbocycles. The minimum Gasteiger partial charge on any atom is -0.469 e. The Labute approximate surface area is 78.2 Å². The van der Waals surface area contributed by atoms with Gasteiger partial charge in [-0.3, -0.25) is 9.59 Å². The van der Waals surface area contributed by atoms with Crippen LogP contribution in [0, 0.1) is 5.92 Å². The van der Waals surface area contributed by atoms with Gasteiger partial charge in [0, 0.05) is 6.42 Å². The van der Waals surface area contributed by atoms with Gasteiger partial charge in [-0.15, -0.1) is 0 Å². The van der Waals surface area contributed by atoms with E-state index in [-0.39, 0.29) is 24.5 Å². The highest BCUT2D eigenvalue weighted by Gasteiger charge is 2.08. The normalized spacial score (nSPS) is 9.85. The van der Waals surface area contributed by atoms with Crippen molar-refractivity contribution in [3.8, 4) is 0 Å². The van der Waals surface area contributed by atoms with Gasteiger partial charge in [0.2, 0.25) is 0 Å². The molecule has 0 aliphatic heterocycles. The summed E-state index contributed by atoms with van der Waals surface area (Å²) in [7, 11) is 1.34. The molecule has 0 rings (SSSR count). The van der Waals surface area contributed by atoms with E-state index in [9.17, 15) is 9.59 Å². The third-order valence-electron chi connectivity index (χ3n) is 1.47. The summed E-state index contributed by atoms with van der Waals surface area (Å²) in [5, 5.41) is 0. The Hall–Kier alpha value is -1.06. The average molecular weight is 188 g/mol. The highest BCUT2D eigenvalue weighted by atomic mass is 16.5. The van der Waals surface area contributed by atoms with Crippen molar-refractivity contribution in [1.82, 2.24) is 0 Å². The summed E-state index contributed by atoms with van der Waals surface area (Å²) < 4.78 is 9.28. The van der Waals surface area contributed by atoms with Crippen molar-refractivity contribution >= 4 is 11.9 Å². The summed E-state index contributed by atoms with van der Waals surface area (Å²) in [6.45, 7) is 3.82. The molecule has 0 spiro atoms. The molecule has 0 N–H and O–H groups in total. The molecule has 0 radical (unpaired) electrons. The zero-order valence-electron chi connectivity index (χ0n) is 8.33. The molecule has 4 heteroatoms. The maximum absolute atomic E-state index is 10.9. The molecule has 0 bridgehead atoms. The molecule has 0 heterocycles. The first-order chi connectivity index (χ1) is 6.07. The van der Waals surface area contributed by atoms with Crippen molar-refractivity contribution in [3.63, 3.8) is 0 Å². The SMILES string of the molecule is COC(=O)CCCOC(=O)C(C)C. The fraction of sp³-hybridized carbons (Fsp3) is 0.778. The molecule has 0 aliphatic carbocycles. The smallest absolute Gasteiger partial charge is 0.308 e. The van der Waals surface area contributed by atoms with E-state index in [0.717, 1.165) is 0 Å². The summed E-state index contributed by atoms with van der Waals surface area (Å²) in [5.41, 5.74) is 0. The maximum Gasteiger partial charge on any atom is 0.308 e. The number of carbonyl (C=O) groups is 2. The lowest BCUT2D eigenvalue weighted by Crippen LogP contribution is -2.13. The van der Waals surface area contributed by atoms with Crippen molar-refractivity contribution in [2.24, 2.45) is 5.92 Å². The van der Waals surface area contributed by atoms with Crippen LogP contribution < -0.4 is 0 Å². The predicted octanol–water partition coefficient (Wildman–Crippen LogP) is 1.14. The summed E-state index contributed by atoms with van der Waals surface area (Å²) in [6, 6.07) is 0. The molecule has 0 aromatic rings. The van der Waals surface area contributed by atoms with Crippen LogP contribution in [0.5, 0.6) is 0 Å². The number of hydrogen-bond acceptors (Lipinski definition) is 4. The van der Waals surface area contributed by atoms with Crippen molar-refractivity contribution in [2.45, 2.75) is 26.7 Å². The standard InChI is InChI=1S/C9H16O4/c1-7(2)9(11)13-6-4-5-8(10)12-3/h7H,4-6H2,1-3H3. The number of methoxy groups -OCH3 is 1. The molecular weight excluding hydrogens is 172 g/mol. The Morgan fingerprint density at radius 1 is 1.31 bits per heavy atom. The molecule has 76 valence electrons. The predicted molar refractivity (Wildman–Crippen MR) is 47.0 cm³/mol. The van der Waals surface area contributed by atoms with Crippen molar-refractivity contribution in [3.05, 3.63) is 0 Å². The van der Waals surface area contributed by atoms with E-state index in [4.69, 9.17) is 4.74 Å². The Balaban J connectivity index is 3.36. The Kier molecular flexibility index (Phi) is 5.93. The van der Waals surface area contributed by atoms with E-state index in [2.05, 4.69) is 4.74 Å². The molecule has 0 atom stereocenters. The van der Waals surface area contributed by atoms with E-state index in [1.807, 2.05) is 0 Å². The number of ether oxygens (including phenoxy) is 2. The Bertz CT molecular complexity index is 174. The fourth-order valence-corrected chi connectivity index (χ4v) is 0.658. The minimum atomic E-state index is -0.277. The van der Waals surface area contributed by atoms with E-state index in [0.29, 0.717) is 12.8 Å². The molecule has 13 heavy (non-hydrogen) atoms. The van der Waals surface area contributed by atoms with Crippen LogP contribution in [0.4, 0.5) is 0 Å². The second kappa shape index (κ2) is 6.46. The number of hydrogen-bond donors (Lipinski definition) is 0. The Morgan fingerprint density at radius 3 is 2.38 bits per heavy atom. The van der Waals surface area contributed by atoms with Gasteiger partial charge in [0.15, 0.2) is 0 Å². The largest absolute Gasteiger partial charge is 0.469 e. The monoisotopic (exact) mass is 188 g/mol. The van der Waals surface area contributed by atoms with Crippen LogP contribution in [-0.2, 0) is 19.1 Å². The van der Waals surface area contributed by atoms with E-state index < -0.39 is 0 Å². The second-order valence-corrected chi connectivity index (χ2v) is 3.00. The number of rotatable bonds is 5. The van der Waals surface area contributed by atoms with Crippen molar-refractivity contribution in [2.75, 3.05) is 13.7 Å². The summed E-state index contributed by atoms with van der Waals surface area (Å²) in [4.78, 5) is 21.5. The van der Waals surface area contributed by atoms with Gasteiger partial charge in [-0.1, -0.05) is 13.8 Å². The van der Waals surface area contributed by atoms with Gasteiger partial charge in [0.05, 0.1) is 19.6 Å². The lowest BCUT2D eigenvalue weighted by Gasteiger charge is -2.05. The highest BCUT2D eigenvalue weighted by molar-refractivity contribution is 5.71. The van der Waals surface area contributed by atoms with Crippen LogP contribution >= 0.6 is 0 Å². The third kappa shape index (κ3) is 6.13. The summed E-state index contributed by atoms with van der Waals surface area (Å²) in [5.74, 6) is -0.622. The minimum absolute atomic E-state index is 0.113. The van der Waals surface area contributed by atoms with E-state index in [1.54, 1.807) is 13.8 Å². The third-order valence-corrected chi connectivity index (χ3v) is 1.47. The molecule has 0 aliphatic rings. The van der Waals surface area contributed by atoms with E-state index >= 15 is 0 Å². The topological polar surface area (TPSA) is 52.6 Å². The molecule has 0 aromatic heterocycles. The van der Waals surface area contributed by atoms with Crippen molar-refractivity contribution in [1.29, 1.82) is 0 Å². The molecule has 0 aromatic carbocycles. The van der Waals surface area contributed by atoms with Crippen molar-refractivity contribution < 1.29 is 19.1 Å². The Morgan fingerprint density at radius 2 is 1.92 bits per heavy atom. The second-order valence-electron chi connectivity index (χ2n) is 3.00. The average Bonchev–Trinajstić information content (AvgIpc) is 2.11. The van der Waals surface area contributed by atoms with Gasteiger partial charge < -0.3 is 9.47 Å². The molecule has 0 saturated heterocycles. The van der Waals surface area contributed by atoms with Gasteiger partial charge >= 0.3 is 11.9 Å². The van der Waals surface area contributed by atoms with Crippen LogP contribution in [0.15, 0.2) is 0 Å². The van der Waals surface area contributed by atoms with Gasteiger partial charge in [-0.2, -0.15) is 0 Å². The fourth-order valence-electron chi connectivity index (χ4n) is 0.658. The van der Waals surface area contributed by atoms with Crippen LogP contribution in [0.1, 0.15) is 26.7 Å². The lowest BCUT2D eigenvalue weighted by atomic mass is 10.2. The molecular formula is C9H16O4. The molecule has 0 unspecified atom stereocenters. The molecule has 4 nitrogen and oxygen atoms in total. The highest BCUT2D eigenvalue weighted by Crippen LogP contribution is 1.98. The summed E-state index contributed by atoms with van der Waals surface area (Å²) in [6.07, 6.45) is 0.813. The van der Waals surface area contributed by atoms with Crippen LogP contribution in [0.3, 0.4) is 0 Å². The zero-order valence-corrected chi connectivity index (χ0v) is 8.33. The lowest BCUT2D eigenvalue weighted by molar-refractivity contribution is -0.149. The number of esters is 2. The maximum atomic E-state index is 10.9. The first kappa shape index (κ1) is 11.9. The van der Waals surface area contributed by atoms with Gasteiger partial charge in [-0.05, 0) is 6.42 Å².